The minimum Gasteiger partial charge on any atom is -0.461 e. The van der Waals surface area contributed by atoms with Crippen molar-refractivity contribution in [2.24, 2.45) is 0 Å². The van der Waals surface area contributed by atoms with Gasteiger partial charge in [0.15, 0.2) is 5.69 Å². The highest BCUT2D eigenvalue weighted by Gasteiger charge is 2.13. The fourth-order valence-electron chi connectivity index (χ4n) is 1.84. The van der Waals surface area contributed by atoms with E-state index in [1.807, 2.05) is 30.3 Å². The average molecular weight is 283 g/mol. The molecule has 0 bridgehead atoms. The SMILES string of the molecule is CCOC(=O)c1cn(-c2cnn(-c3ccccc3)c2)nn1. The van der Waals surface area contributed by atoms with Gasteiger partial charge >= 0.3 is 5.97 Å². The number of hydrogen-bond acceptors (Lipinski definition) is 5. The minimum atomic E-state index is -0.487. The summed E-state index contributed by atoms with van der Waals surface area (Å²) in [6, 6.07) is 9.71. The van der Waals surface area contributed by atoms with Crippen molar-refractivity contribution in [2.45, 2.75) is 6.92 Å². The summed E-state index contributed by atoms with van der Waals surface area (Å²) in [5, 5.41) is 12.0. The summed E-state index contributed by atoms with van der Waals surface area (Å²) in [5.74, 6) is -0.487. The molecule has 2 heterocycles. The molecule has 7 nitrogen and oxygen atoms in total. The van der Waals surface area contributed by atoms with Gasteiger partial charge in [0.2, 0.25) is 0 Å². The highest BCUT2D eigenvalue weighted by Crippen LogP contribution is 2.11. The number of ether oxygens (including phenoxy) is 1. The van der Waals surface area contributed by atoms with Gasteiger partial charge in [-0.15, -0.1) is 5.10 Å². The van der Waals surface area contributed by atoms with Crippen LogP contribution in [-0.2, 0) is 4.74 Å². The van der Waals surface area contributed by atoms with Crippen molar-refractivity contribution in [1.82, 2.24) is 24.8 Å². The van der Waals surface area contributed by atoms with Crippen molar-refractivity contribution in [3.8, 4) is 11.4 Å². The second kappa shape index (κ2) is 5.58. The molecular formula is C14H13N5O2. The van der Waals surface area contributed by atoms with E-state index in [0.29, 0.717) is 12.3 Å². The average Bonchev–Trinajstić information content (AvgIpc) is 3.17. The molecule has 0 aliphatic heterocycles. The lowest BCUT2D eigenvalue weighted by molar-refractivity contribution is 0.0519. The number of carbonyl (C=O) groups excluding carboxylic acids is 1. The van der Waals surface area contributed by atoms with E-state index in [1.54, 1.807) is 24.0 Å². The molecule has 0 N–H and O–H groups in total. The maximum absolute atomic E-state index is 11.6. The molecule has 21 heavy (non-hydrogen) atoms. The highest BCUT2D eigenvalue weighted by atomic mass is 16.5. The molecule has 3 rings (SSSR count). The number of rotatable bonds is 4. The smallest absolute Gasteiger partial charge is 0.360 e. The molecule has 0 saturated heterocycles. The first kappa shape index (κ1) is 13.0. The molecular weight excluding hydrogens is 270 g/mol. The summed E-state index contributed by atoms with van der Waals surface area (Å²) in [7, 11) is 0. The molecule has 0 spiro atoms. The van der Waals surface area contributed by atoms with Crippen molar-refractivity contribution < 1.29 is 9.53 Å². The van der Waals surface area contributed by atoms with Crippen molar-refractivity contribution in [3.05, 3.63) is 54.6 Å². The normalized spacial score (nSPS) is 10.5. The first-order valence-electron chi connectivity index (χ1n) is 6.48. The maximum Gasteiger partial charge on any atom is 0.360 e. The van der Waals surface area contributed by atoms with Crippen LogP contribution in [0.15, 0.2) is 48.9 Å². The molecule has 0 saturated carbocycles. The van der Waals surface area contributed by atoms with Gasteiger partial charge < -0.3 is 4.74 Å². The molecule has 106 valence electrons. The molecule has 0 fully saturated rings. The summed E-state index contributed by atoms with van der Waals surface area (Å²) in [6.07, 6.45) is 4.97. The Labute approximate surface area is 120 Å². The van der Waals surface area contributed by atoms with Crippen LogP contribution in [0.3, 0.4) is 0 Å². The third-order valence-corrected chi connectivity index (χ3v) is 2.83. The molecule has 2 aromatic heterocycles. The largest absolute Gasteiger partial charge is 0.461 e. The van der Waals surface area contributed by atoms with E-state index >= 15 is 0 Å². The number of aromatic nitrogens is 5. The molecule has 7 heteroatoms. The molecule has 1 aromatic carbocycles. The summed E-state index contributed by atoms with van der Waals surface area (Å²) < 4.78 is 8.08. The van der Waals surface area contributed by atoms with Crippen molar-refractivity contribution in [2.75, 3.05) is 6.61 Å². The predicted octanol–water partition coefficient (Wildman–Crippen LogP) is 1.63. The molecule has 0 aliphatic carbocycles. The van der Waals surface area contributed by atoms with Crippen molar-refractivity contribution in [1.29, 1.82) is 0 Å². The Balaban J connectivity index is 1.85. The minimum absolute atomic E-state index is 0.171. The second-order valence-corrected chi connectivity index (χ2v) is 4.25. The number of hydrogen-bond donors (Lipinski definition) is 0. The van der Waals surface area contributed by atoms with Crippen LogP contribution in [0.4, 0.5) is 0 Å². The highest BCUT2D eigenvalue weighted by molar-refractivity contribution is 5.86. The zero-order valence-corrected chi connectivity index (χ0v) is 11.4. The number of para-hydroxylation sites is 1. The second-order valence-electron chi connectivity index (χ2n) is 4.25. The van der Waals surface area contributed by atoms with E-state index in [2.05, 4.69) is 15.4 Å². The van der Waals surface area contributed by atoms with E-state index in [1.165, 1.54) is 10.9 Å². The quantitative estimate of drug-likeness (QED) is 0.680. The molecule has 0 atom stereocenters. The van der Waals surface area contributed by atoms with E-state index < -0.39 is 5.97 Å². The standard InChI is InChI=1S/C14H13N5O2/c1-2-21-14(20)13-10-19(17-16-13)12-8-15-18(9-12)11-6-4-3-5-7-11/h3-10H,2H2,1H3. The zero-order valence-electron chi connectivity index (χ0n) is 11.4. The van der Waals surface area contributed by atoms with E-state index in [-0.39, 0.29) is 5.69 Å². The lowest BCUT2D eigenvalue weighted by Gasteiger charge is -1.98. The van der Waals surface area contributed by atoms with E-state index in [0.717, 1.165) is 5.69 Å². The Hall–Kier alpha value is -2.96. The van der Waals surface area contributed by atoms with Gasteiger partial charge in [0.1, 0.15) is 5.69 Å². The Morgan fingerprint density at radius 3 is 2.71 bits per heavy atom. The summed E-state index contributed by atoms with van der Waals surface area (Å²) in [4.78, 5) is 11.6. The van der Waals surface area contributed by atoms with Gasteiger partial charge in [0.05, 0.1) is 30.9 Å². The van der Waals surface area contributed by atoms with Gasteiger partial charge in [-0.3, -0.25) is 0 Å². The van der Waals surface area contributed by atoms with Crippen LogP contribution >= 0.6 is 0 Å². The van der Waals surface area contributed by atoms with Crippen LogP contribution < -0.4 is 0 Å². The van der Waals surface area contributed by atoms with Crippen LogP contribution in [-0.4, -0.2) is 37.4 Å². The Bertz CT molecular complexity index is 748. The fraction of sp³-hybridized carbons (Fsp3) is 0.143. The van der Waals surface area contributed by atoms with Crippen LogP contribution in [0.5, 0.6) is 0 Å². The maximum atomic E-state index is 11.6. The lowest BCUT2D eigenvalue weighted by atomic mass is 10.3. The van der Waals surface area contributed by atoms with Crippen LogP contribution in [0, 0.1) is 0 Å². The molecule has 0 radical (unpaired) electrons. The fourth-order valence-corrected chi connectivity index (χ4v) is 1.84. The van der Waals surface area contributed by atoms with E-state index in [9.17, 15) is 4.79 Å². The van der Waals surface area contributed by atoms with Gasteiger partial charge in [0, 0.05) is 0 Å². The molecule has 0 unspecified atom stereocenters. The van der Waals surface area contributed by atoms with Gasteiger partial charge in [0.25, 0.3) is 0 Å². The van der Waals surface area contributed by atoms with Gasteiger partial charge in [-0.05, 0) is 19.1 Å². The summed E-state index contributed by atoms with van der Waals surface area (Å²) in [6.45, 7) is 2.05. The van der Waals surface area contributed by atoms with Crippen LogP contribution in [0.25, 0.3) is 11.4 Å². The summed E-state index contributed by atoms with van der Waals surface area (Å²) >= 11 is 0. The topological polar surface area (TPSA) is 74.8 Å². The van der Waals surface area contributed by atoms with Crippen LogP contribution in [0.1, 0.15) is 17.4 Å². The van der Waals surface area contributed by atoms with E-state index in [4.69, 9.17) is 4.74 Å². The first-order valence-corrected chi connectivity index (χ1v) is 6.48. The zero-order chi connectivity index (χ0) is 14.7. The Morgan fingerprint density at radius 2 is 1.95 bits per heavy atom. The summed E-state index contributed by atoms with van der Waals surface area (Å²) in [5.41, 5.74) is 1.82. The van der Waals surface area contributed by atoms with Crippen molar-refractivity contribution in [3.63, 3.8) is 0 Å². The van der Waals surface area contributed by atoms with Gasteiger partial charge in [-0.1, -0.05) is 23.4 Å². The lowest BCUT2D eigenvalue weighted by Crippen LogP contribution is -2.04. The number of esters is 1. The monoisotopic (exact) mass is 283 g/mol. The third-order valence-electron chi connectivity index (χ3n) is 2.83. The predicted molar refractivity (Wildman–Crippen MR) is 74.4 cm³/mol. The molecule has 3 aromatic rings. The number of benzene rings is 1. The van der Waals surface area contributed by atoms with Crippen LogP contribution in [0.2, 0.25) is 0 Å². The van der Waals surface area contributed by atoms with Gasteiger partial charge in [-0.2, -0.15) is 5.10 Å². The Kier molecular flexibility index (Phi) is 3.46. The Morgan fingerprint density at radius 1 is 1.14 bits per heavy atom. The first-order chi connectivity index (χ1) is 10.3. The van der Waals surface area contributed by atoms with Crippen molar-refractivity contribution >= 4 is 5.97 Å². The third kappa shape index (κ3) is 2.66. The molecule has 0 aliphatic rings. The van der Waals surface area contributed by atoms with Gasteiger partial charge in [-0.25, -0.2) is 14.2 Å². The number of carbonyl (C=O) groups is 1. The molecule has 0 amide bonds. The number of nitrogens with zero attached hydrogens (tertiary/aromatic N) is 5.